The summed E-state index contributed by atoms with van der Waals surface area (Å²) < 4.78 is 0. The summed E-state index contributed by atoms with van der Waals surface area (Å²) in [6.07, 6.45) is 5.38. The van der Waals surface area contributed by atoms with Crippen LogP contribution < -0.4 is 15.5 Å². The van der Waals surface area contributed by atoms with Crippen LogP contribution in [0.25, 0.3) is 0 Å². The SMILES string of the molecule is C[C@H]1Cc2ccc(CNC(=O)NC3CCCC3)cc2N1C(=O)c1ccccc1. The molecule has 0 saturated heterocycles. The number of benzene rings is 2. The molecule has 2 aromatic carbocycles. The van der Waals surface area contributed by atoms with Crippen LogP contribution in [0.2, 0.25) is 0 Å². The van der Waals surface area contributed by atoms with E-state index in [-0.39, 0.29) is 18.0 Å². The van der Waals surface area contributed by atoms with Crippen molar-refractivity contribution in [2.24, 2.45) is 0 Å². The second-order valence-electron chi connectivity index (χ2n) is 7.87. The maximum Gasteiger partial charge on any atom is 0.315 e. The number of fused-ring (bicyclic) bond motifs is 1. The number of hydrogen-bond donors (Lipinski definition) is 2. The van der Waals surface area contributed by atoms with Gasteiger partial charge in [0, 0.05) is 29.9 Å². The molecule has 28 heavy (non-hydrogen) atoms. The smallest absolute Gasteiger partial charge is 0.315 e. The number of nitrogens with zero attached hydrogens (tertiary/aromatic N) is 1. The standard InChI is InChI=1S/C23H27N3O2/c1-16-13-19-12-11-17(15-24-23(28)25-20-9-5-6-10-20)14-21(19)26(16)22(27)18-7-3-2-4-8-18/h2-4,7-8,11-12,14,16,20H,5-6,9-10,13,15H2,1H3,(H2,24,25,28)/t16-/m0/s1. The fourth-order valence-corrected chi connectivity index (χ4v) is 4.28. The van der Waals surface area contributed by atoms with Crippen molar-refractivity contribution in [3.05, 3.63) is 65.2 Å². The van der Waals surface area contributed by atoms with Gasteiger partial charge in [0.05, 0.1) is 0 Å². The summed E-state index contributed by atoms with van der Waals surface area (Å²) >= 11 is 0. The Bertz CT molecular complexity index is 859. The fourth-order valence-electron chi connectivity index (χ4n) is 4.28. The van der Waals surface area contributed by atoms with Crippen LogP contribution >= 0.6 is 0 Å². The molecule has 1 saturated carbocycles. The Balaban J connectivity index is 1.45. The summed E-state index contributed by atoms with van der Waals surface area (Å²) in [5.41, 5.74) is 3.83. The number of nitrogens with one attached hydrogen (secondary N) is 2. The number of urea groups is 1. The molecule has 0 aromatic heterocycles. The lowest BCUT2D eigenvalue weighted by Crippen LogP contribution is -2.40. The van der Waals surface area contributed by atoms with Gasteiger partial charge in [-0.2, -0.15) is 0 Å². The molecular formula is C23H27N3O2. The van der Waals surface area contributed by atoms with Gasteiger partial charge in [0.25, 0.3) is 5.91 Å². The average molecular weight is 377 g/mol. The molecule has 5 nitrogen and oxygen atoms in total. The number of carbonyl (C=O) groups excluding carboxylic acids is 2. The van der Waals surface area contributed by atoms with Gasteiger partial charge in [-0.3, -0.25) is 4.79 Å². The molecule has 0 bridgehead atoms. The maximum absolute atomic E-state index is 13.0. The molecule has 146 valence electrons. The molecule has 0 radical (unpaired) electrons. The van der Waals surface area contributed by atoms with Gasteiger partial charge in [-0.15, -0.1) is 0 Å². The Labute approximate surface area is 166 Å². The van der Waals surface area contributed by atoms with Crippen molar-refractivity contribution < 1.29 is 9.59 Å². The Hall–Kier alpha value is -2.82. The van der Waals surface area contributed by atoms with E-state index in [0.717, 1.165) is 30.5 Å². The van der Waals surface area contributed by atoms with E-state index in [9.17, 15) is 9.59 Å². The lowest BCUT2D eigenvalue weighted by atomic mass is 10.1. The monoisotopic (exact) mass is 377 g/mol. The second kappa shape index (κ2) is 8.05. The predicted octanol–water partition coefficient (Wildman–Crippen LogP) is 4.02. The predicted molar refractivity (Wildman–Crippen MR) is 110 cm³/mol. The number of hydrogen-bond acceptors (Lipinski definition) is 2. The van der Waals surface area contributed by atoms with E-state index >= 15 is 0 Å². The van der Waals surface area contributed by atoms with E-state index < -0.39 is 0 Å². The van der Waals surface area contributed by atoms with Gasteiger partial charge in [-0.05, 0) is 55.5 Å². The van der Waals surface area contributed by atoms with E-state index in [2.05, 4.69) is 23.6 Å². The minimum absolute atomic E-state index is 0.0240. The molecule has 0 spiro atoms. The van der Waals surface area contributed by atoms with E-state index in [1.165, 1.54) is 18.4 Å². The molecule has 1 aliphatic carbocycles. The Morgan fingerprint density at radius 3 is 2.57 bits per heavy atom. The van der Waals surface area contributed by atoms with Crippen LogP contribution in [-0.2, 0) is 13.0 Å². The molecule has 2 aromatic rings. The van der Waals surface area contributed by atoms with Crippen LogP contribution in [0.5, 0.6) is 0 Å². The molecule has 2 N–H and O–H groups in total. The molecule has 1 fully saturated rings. The summed E-state index contributed by atoms with van der Waals surface area (Å²) in [6.45, 7) is 2.53. The molecule has 1 heterocycles. The highest BCUT2D eigenvalue weighted by molar-refractivity contribution is 6.07. The van der Waals surface area contributed by atoms with Gasteiger partial charge in [0.2, 0.25) is 0 Å². The molecule has 5 heteroatoms. The molecule has 1 atom stereocenters. The van der Waals surface area contributed by atoms with E-state index in [0.29, 0.717) is 18.2 Å². The third-order valence-electron chi connectivity index (χ3n) is 5.75. The number of carbonyl (C=O) groups is 2. The first-order valence-electron chi connectivity index (χ1n) is 10.2. The lowest BCUT2D eigenvalue weighted by Gasteiger charge is -2.23. The van der Waals surface area contributed by atoms with Crippen LogP contribution in [-0.4, -0.2) is 24.0 Å². The van der Waals surface area contributed by atoms with E-state index in [4.69, 9.17) is 0 Å². The highest BCUT2D eigenvalue weighted by atomic mass is 16.2. The number of anilines is 1. The highest BCUT2D eigenvalue weighted by Gasteiger charge is 2.31. The Morgan fingerprint density at radius 2 is 1.82 bits per heavy atom. The quantitative estimate of drug-likeness (QED) is 0.845. The molecule has 1 aliphatic heterocycles. The van der Waals surface area contributed by atoms with Crippen LogP contribution in [0.1, 0.15) is 54.1 Å². The molecule has 0 unspecified atom stereocenters. The molecule has 3 amide bonds. The minimum Gasteiger partial charge on any atom is -0.335 e. The maximum atomic E-state index is 13.0. The first-order valence-corrected chi connectivity index (χ1v) is 10.2. The topological polar surface area (TPSA) is 61.4 Å². The van der Waals surface area contributed by atoms with Crippen molar-refractivity contribution in [2.45, 2.75) is 57.7 Å². The first-order chi connectivity index (χ1) is 13.6. The van der Waals surface area contributed by atoms with Crippen molar-refractivity contribution in [1.82, 2.24) is 10.6 Å². The highest BCUT2D eigenvalue weighted by Crippen LogP contribution is 2.34. The van der Waals surface area contributed by atoms with E-state index in [1.54, 1.807) is 0 Å². The van der Waals surface area contributed by atoms with Crippen LogP contribution in [0.3, 0.4) is 0 Å². The summed E-state index contributed by atoms with van der Waals surface area (Å²) in [5, 5.41) is 5.99. The molecule has 4 rings (SSSR count). The minimum atomic E-state index is -0.113. The fraction of sp³-hybridized carbons (Fsp3) is 0.391. The van der Waals surface area contributed by atoms with Crippen LogP contribution in [0, 0.1) is 0 Å². The van der Waals surface area contributed by atoms with Crippen LogP contribution in [0.4, 0.5) is 10.5 Å². The lowest BCUT2D eigenvalue weighted by molar-refractivity contribution is 0.0981. The van der Waals surface area contributed by atoms with Crippen LogP contribution in [0.15, 0.2) is 48.5 Å². The average Bonchev–Trinajstić information content (AvgIpc) is 3.33. The zero-order valence-electron chi connectivity index (χ0n) is 16.3. The van der Waals surface area contributed by atoms with Gasteiger partial charge < -0.3 is 15.5 Å². The number of rotatable bonds is 4. The van der Waals surface area contributed by atoms with Gasteiger partial charge in [-0.25, -0.2) is 4.79 Å². The zero-order valence-corrected chi connectivity index (χ0v) is 16.3. The summed E-state index contributed by atoms with van der Waals surface area (Å²) in [4.78, 5) is 27.0. The largest absolute Gasteiger partial charge is 0.335 e. The van der Waals surface area contributed by atoms with Crippen molar-refractivity contribution in [3.63, 3.8) is 0 Å². The molecule has 2 aliphatic rings. The van der Waals surface area contributed by atoms with Crippen molar-refractivity contribution in [1.29, 1.82) is 0 Å². The Morgan fingerprint density at radius 1 is 1.07 bits per heavy atom. The van der Waals surface area contributed by atoms with Crippen molar-refractivity contribution in [3.8, 4) is 0 Å². The normalized spacial score (nSPS) is 18.8. The Kier molecular flexibility index (Phi) is 5.33. The second-order valence-corrected chi connectivity index (χ2v) is 7.87. The summed E-state index contributed by atoms with van der Waals surface area (Å²) in [6, 6.07) is 15.9. The number of amides is 3. The van der Waals surface area contributed by atoms with Gasteiger partial charge in [-0.1, -0.05) is 43.2 Å². The van der Waals surface area contributed by atoms with Gasteiger partial charge in [0.15, 0.2) is 0 Å². The van der Waals surface area contributed by atoms with E-state index in [1.807, 2.05) is 47.4 Å². The zero-order chi connectivity index (χ0) is 19.5. The molecular weight excluding hydrogens is 350 g/mol. The third-order valence-corrected chi connectivity index (χ3v) is 5.75. The van der Waals surface area contributed by atoms with Gasteiger partial charge in [0.1, 0.15) is 0 Å². The van der Waals surface area contributed by atoms with Gasteiger partial charge >= 0.3 is 6.03 Å². The van der Waals surface area contributed by atoms with Crippen molar-refractivity contribution in [2.75, 3.05) is 4.90 Å². The van der Waals surface area contributed by atoms with Crippen molar-refractivity contribution >= 4 is 17.6 Å². The first kappa shape index (κ1) is 18.5. The third kappa shape index (κ3) is 3.88. The summed E-state index contributed by atoms with van der Waals surface area (Å²) in [5.74, 6) is 0.0240. The summed E-state index contributed by atoms with van der Waals surface area (Å²) in [7, 11) is 0.